The summed E-state index contributed by atoms with van der Waals surface area (Å²) in [6.07, 6.45) is 7.94. The third-order valence-electron chi connectivity index (χ3n) is 12.8. The second kappa shape index (κ2) is 17.7. The highest BCUT2D eigenvalue weighted by Gasteiger charge is 2.45. The smallest absolute Gasteiger partial charge is 0.301 e. The monoisotopic (exact) mass is 874 g/mol. The number of benzene rings is 3. The molecular weight excluding hydrogens is 827 g/mol. The lowest BCUT2D eigenvalue weighted by atomic mass is 9.79. The Morgan fingerprint density at radius 2 is 1.81 bits per heavy atom. The molecule has 19 heteroatoms. The van der Waals surface area contributed by atoms with Crippen LogP contribution in [0.5, 0.6) is 11.5 Å². The van der Waals surface area contributed by atoms with Crippen LogP contribution in [0.25, 0.3) is 10.9 Å². The van der Waals surface area contributed by atoms with Gasteiger partial charge in [0, 0.05) is 44.8 Å². The number of likely N-dealkylation sites (tertiary alicyclic amines) is 1. The number of imide groups is 1. The van der Waals surface area contributed by atoms with Gasteiger partial charge in [0.1, 0.15) is 29.2 Å². The number of anilines is 2. The van der Waals surface area contributed by atoms with E-state index in [2.05, 4.69) is 25.2 Å². The third-order valence-corrected chi connectivity index (χ3v) is 14.3. The summed E-state index contributed by atoms with van der Waals surface area (Å²) in [5.74, 6) is -2.32. The van der Waals surface area contributed by atoms with Crippen LogP contribution in [0.3, 0.4) is 0 Å². The molecule has 0 radical (unpaired) electrons. The van der Waals surface area contributed by atoms with Crippen molar-refractivity contribution in [2.75, 3.05) is 49.9 Å². The molecule has 2 unspecified atom stereocenters. The number of rotatable bonds is 12. The molecule has 16 nitrogen and oxygen atoms in total. The summed E-state index contributed by atoms with van der Waals surface area (Å²) >= 11 is 0. The van der Waals surface area contributed by atoms with Crippen molar-refractivity contribution in [3.63, 3.8) is 0 Å². The van der Waals surface area contributed by atoms with Crippen LogP contribution >= 0.6 is 0 Å². The largest absolute Gasteiger partial charge is 0.453 e. The van der Waals surface area contributed by atoms with Crippen molar-refractivity contribution in [3.8, 4) is 17.6 Å². The summed E-state index contributed by atoms with van der Waals surface area (Å²) in [7, 11) is -2.96. The molecule has 3 saturated heterocycles. The van der Waals surface area contributed by atoms with Crippen molar-refractivity contribution in [1.29, 1.82) is 5.26 Å². The average molecular weight is 875 g/mol. The van der Waals surface area contributed by atoms with E-state index in [1.807, 2.05) is 6.07 Å². The number of carbonyl (C=O) groups excluding carboxylic acids is 2. The van der Waals surface area contributed by atoms with Gasteiger partial charge in [0.25, 0.3) is 5.56 Å². The zero-order valence-corrected chi connectivity index (χ0v) is 34.9. The number of hydrogen-bond acceptors (Lipinski definition) is 12. The second-order valence-corrected chi connectivity index (χ2v) is 18.4. The van der Waals surface area contributed by atoms with Gasteiger partial charge in [-0.25, -0.2) is 13.8 Å². The Morgan fingerprint density at radius 3 is 2.52 bits per heavy atom. The maximum Gasteiger partial charge on any atom is 0.301 e. The number of halogens is 2. The van der Waals surface area contributed by atoms with Crippen molar-refractivity contribution in [3.05, 3.63) is 88.0 Å². The number of nitrogens with zero attached hydrogens (tertiary/aromatic N) is 5. The number of nitriles is 1. The van der Waals surface area contributed by atoms with Gasteiger partial charge in [0.2, 0.25) is 11.8 Å². The first-order valence-corrected chi connectivity index (χ1v) is 22.2. The molecule has 0 bridgehead atoms. The van der Waals surface area contributed by atoms with Crippen LogP contribution in [0, 0.1) is 23.0 Å². The Balaban J connectivity index is 0.877. The van der Waals surface area contributed by atoms with E-state index >= 15 is 8.78 Å². The number of aliphatic hydroxyl groups is 1. The van der Waals surface area contributed by atoms with Crippen molar-refractivity contribution in [2.45, 2.75) is 87.4 Å². The van der Waals surface area contributed by atoms with Gasteiger partial charge in [0.05, 0.1) is 47.8 Å². The van der Waals surface area contributed by atoms with Gasteiger partial charge in [-0.1, -0.05) is 6.07 Å². The minimum Gasteiger partial charge on any atom is -0.453 e. The van der Waals surface area contributed by atoms with Gasteiger partial charge in [-0.3, -0.25) is 29.0 Å². The zero-order chi connectivity index (χ0) is 43.8. The molecule has 8 rings (SSSR count). The first kappa shape index (κ1) is 43.1. The maximum absolute atomic E-state index is 15.4. The van der Waals surface area contributed by atoms with Gasteiger partial charge < -0.3 is 24.8 Å². The quantitative estimate of drug-likeness (QED) is 0.144. The summed E-state index contributed by atoms with van der Waals surface area (Å²) in [5.41, 5.74) is 0.195. The molecule has 1 saturated carbocycles. The van der Waals surface area contributed by atoms with E-state index in [-0.39, 0.29) is 59.0 Å². The van der Waals surface area contributed by atoms with E-state index in [1.54, 1.807) is 22.8 Å². The van der Waals surface area contributed by atoms with Crippen LogP contribution in [-0.2, 0) is 24.5 Å². The van der Waals surface area contributed by atoms with E-state index in [0.717, 1.165) is 68.1 Å². The van der Waals surface area contributed by atoms with Crippen LogP contribution in [0.1, 0.15) is 80.9 Å². The van der Waals surface area contributed by atoms with Crippen LogP contribution in [0.4, 0.5) is 20.2 Å². The predicted octanol–water partition coefficient (Wildman–Crippen LogP) is 4.66. The van der Waals surface area contributed by atoms with E-state index in [1.165, 1.54) is 31.6 Å². The average Bonchev–Trinajstić information content (AvgIpc) is 3.66. The van der Waals surface area contributed by atoms with Crippen molar-refractivity contribution in [2.24, 2.45) is 0 Å². The highest BCUT2D eigenvalue weighted by atomic mass is 32.2. The molecule has 1 aromatic heterocycles. The molecule has 3 aromatic carbocycles. The first-order chi connectivity index (χ1) is 29.8. The number of nitrogens with one attached hydrogen (secondary N) is 3. The summed E-state index contributed by atoms with van der Waals surface area (Å²) in [6, 6.07) is 12.9. The number of aliphatic hydroxyl groups excluding tert-OH is 1. The molecule has 4 fully saturated rings. The summed E-state index contributed by atoms with van der Waals surface area (Å²) in [4.78, 5) is 44.6. The number of amides is 2. The molecule has 4 N–H and O–H groups in total. The van der Waals surface area contributed by atoms with Crippen molar-refractivity contribution >= 4 is 44.3 Å². The molecular formula is C43H48F2N8O8S. The van der Waals surface area contributed by atoms with Crippen LogP contribution in [0.2, 0.25) is 0 Å². The third kappa shape index (κ3) is 8.88. The van der Waals surface area contributed by atoms with Gasteiger partial charge in [-0.05, 0) is 105 Å². The number of ether oxygens (including phenoxy) is 2. The van der Waals surface area contributed by atoms with Gasteiger partial charge in [-0.2, -0.15) is 18.0 Å². The van der Waals surface area contributed by atoms with Gasteiger partial charge in [0.15, 0.2) is 11.6 Å². The predicted molar refractivity (Wildman–Crippen MR) is 224 cm³/mol. The number of carbonyl (C=O) groups is 2. The van der Waals surface area contributed by atoms with Gasteiger partial charge in [-0.15, -0.1) is 0 Å². The Bertz CT molecular complexity index is 2590. The van der Waals surface area contributed by atoms with E-state index in [0.29, 0.717) is 42.3 Å². The van der Waals surface area contributed by atoms with Crippen LogP contribution in [0.15, 0.2) is 59.7 Å². The van der Waals surface area contributed by atoms with Gasteiger partial charge >= 0.3 is 10.2 Å². The van der Waals surface area contributed by atoms with Crippen LogP contribution in [-0.4, -0.2) is 102 Å². The standard InChI is InChI=1S/C43H48F2N8O8S/c1-51(18-19-54)62(58,59)50-37-11-9-34(44)40(33(37)23-46)61-30-7-10-36-32(21-30)42(57)53(25-47-36)29-22-43(60-24-29)14-16-52(17-15-43)28-5-2-26(3-6-28)31-8-4-27(20-35(31)45)48-38-12-13-39(55)49-41(38)56/h4,7-11,20-21,25-26,28-29,38,48,50,54H,2-3,5-6,12-19,22,24H2,1H3,(H,49,55,56). The lowest BCUT2D eigenvalue weighted by Gasteiger charge is -2.44. The lowest BCUT2D eigenvalue weighted by molar-refractivity contribution is -0.133. The minimum absolute atomic E-state index is 0.0323. The maximum atomic E-state index is 15.4. The molecule has 1 aliphatic carbocycles. The number of fused-ring (bicyclic) bond motifs is 1. The van der Waals surface area contributed by atoms with E-state index < -0.39 is 51.5 Å². The Labute approximate surface area is 357 Å². The Hall–Kier alpha value is -5.52. The normalized spacial score (nSPS) is 23.0. The van der Waals surface area contributed by atoms with E-state index in [4.69, 9.17) is 14.6 Å². The fourth-order valence-electron chi connectivity index (χ4n) is 9.26. The zero-order valence-electron chi connectivity index (χ0n) is 34.1. The highest BCUT2D eigenvalue weighted by molar-refractivity contribution is 7.90. The fourth-order valence-corrected chi connectivity index (χ4v) is 10.2. The summed E-state index contributed by atoms with van der Waals surface area (Å²) in [6.45, 7) is 1.36. The number of likely N-dealkylation sites (N-methyl/N-ethyl adjacent to an activating group) is 1. The molecule has 2 atom stereocenters. The molecule has 328 valence electrons. The van der Waals surface area contributed by atoms with Crippen molar-refractivity contribution < 1.29 is 41.4 Å². The topological polar surface area (TPSA) is 208 Å². The molecule has 1 spiro atoms. The molecule has 4 aromatic rings. The number of hydrogen-bond donors (Lipinski definition) is 4. The van der Waals surface area contributed by atoms with Crippen LogP contribution < -0.4 is 25.7 Å². The SMILES string of the molecule is CN(CCO)S(=O)(=O)Nc1ccc(F)c(Oc2ccc3ncn(C4COC5(CCN(C6CCC(c7ccc(NC8CCC(=O)NC8=O)cc7F)CC6)CC5)C4)c(=O)c3c2)c1C#N. The molecule has 62 heavy (non-hydrogen) atoms. The lowest BCUT2D eigenvalue weighted by Crippen LogP contribution is -2.49. The molecule has 3 aliphatic heterocycles. The summed E-state index contributed by atoms with van der Waals surface area (Å²) < 4.78 is 72.8. The number of aromatic nitrogens is 2. The minimum atomic E-state index is -4.19. The van der Waals surface area contributed by atoms with E-state index in [9.17, 15) is 28.1 Å². The fraction of sp³-hybridized carbons (Fsp3) is 0.465. The molecule has 2 amide bonds. The molecule has 4 aliphatic rings. The number of piperidine rings is 2. The second-order valence-electron chi connectivity index (χ2n) is 16.6. The summed E-state index contributed by atoms with van der Waals surface area (Å²) in [5, 5.41) is 24.7. The molecule has 4 heterocycles. The highest BCUT2D eigenvalue weighted by Crippen LogP contribution is 2.43. The van der Waals surface area contributed by atoms with Crippen molar-refractivity contribution in [1.82, 2.24) is 24.1 Å². The Morgan fingerprint density at radius 1 is 1.03 bits per heavy atom. The first-order valence-electron chi connectivity index (χ1n) is 20.8. The Kier molecular flexibility index (Phi) is 12.3.